The predicted molar refractivity (Wildman–Crippen MR) is 95.3 cm³/mol. The highest BCUT2D eigenvalue weighted by atomic mass is 35.5. The van der Waals surface area contributed by atoms with Gasteiger partial charge in [0.15, 0.2) is 0 Å². The Morgan fingerprint density at radius 1 is 1.22 bits per heavy atom. The Morgan fingerprint density at radius 3 is 2.65 bits per heavy atom. The van der Waals surface area contributed by atoms with Crippen molar-refractivity contribution in [2.24, 2.45) is 0 Å². The molecule has 1 aromatic carbocycles. The second-order valence-electron chi connectivity index (χ2n) is 5.45. The average Bonchev–Trinajstić information content (AvgIpc) is 2.53. The number of benzene rings is 1. The van der Waals surface area contributed by atoms with Crippen molar-refractivity contribution >= 4 is 29.0 Å². The molecule has 0 aliphatic heterocycles. The zero-order valence-electron chi connectivity index (χ0n) is 13.3. The third kappa shape index (κ3) is 5.54. The number of nitrogens with one attached hydrogen (secondary N) is 2. The van der Waals surface area contributed by atoms with E-state index in [0.29, 0.717) is 16.4 Å². The maximum absolute atomic E-state index is 12.1. The van der Waals surface area contributed by atoms with E-state index in [1.54, 1.807) is 36.5 Å². The van der Waals surface area contributed by atoms with Crippen molar-refractivity contribution in [3.05, 3.63) is 53.2 Å². The van der Waals surface area contributed by atoms with Crippen LogP contribution in [0.5, 0.6) is 0 Å². The van der Waals surface area contributed by atoms with Crippen molar-refractivity contribution in [2.75, 3.05) is 37.8 Å². The maximum Gasteiger partial charge on any atom is 0.258 e. The summed E-state index contributed by atoms with van der Waals surface area (Å²) in [5.41, 5.74) is 1.36. The van der Waals surface area contributed by atoms with Crippen LogP contribution in [0.1, 0.15) is 16.8 Å². The van der Waals surface area contributed by atoms with Gasteiger partial charge in [0.05, 0.1) is 22.5 Å². The highest BCUT2D eigenvalue weighted by Gasteiger charge is 2.10. The van der Waals surface area contributed by atoms with Crippen molar-refractivity contribution in [1.29, 1.82) is 0 Å². The summed E-state index contributed by atoms with van der Waals surface area (Å²) in [5.74, 6) is 0.226. The third-order valence-electron chi connectivity index (χ3n) is 3.23. The molecule has 23 heavy (non-hydrogen) atoms. The van der Waals surface area contributed by atoms with E-state index < -0.39 is 0 Å². The summed E-state index contributed by atoms with van der Waals surface area (Å²) in [6.07, 6.45) is 2.76. The molecule has 2 aromatic rings. The van der Waals surface area contributed by atoms with E-state index in [0.717, 1.165) is 25.2 Å². The fraction of sp³-hybridized carbons (Fsp3) is 0.294. The van der Waals surface area contributed by atoms with Gasteiger partial charge < -0.3 is 15.5 Å². The Hall–Kier alpha value is -2.11. The minimum Gasteiger partial charge on any atom is -0.384 e. The van der Waals surface area contributed by atoms with E-state index in [-0.39, 0.29) is 5.91 Å². The van der Waals surface area contributed by atoms with E-state index in [1.807, 2.05) is 6.07 Å². The van der Waals surface area contributed by atoms with Crippen molar-refractivity contribution in [3.8, 4) is 0 Å². The Kier molecular flexibility index (Phi) is 6.38. The van der Waals surface area contributed by atoms with Crippen molar-refractivity contribution in [1.82, 2.24) is 9.88 Å². The Morgan fingerprint density at radius 2 is 2.00 bits per heavy atom. The molecule has 0 atom stereocenters. The number of hydrogen-bond acceptors (Lipinski definition) is 4. The van der Waals surface area contributed by atoms with Crippen LogP contribution in [0, 0.1) is 0 Å². The first-order valence-electron chi connectivity index (χ1n) is 7.47. The number of nitrogens with zero attached hydrogens (tertiary/aromatic N) is 2. The van der Waals surface area contributed by atoms with Crippen LogP contribution in [0.4, 0.5) is 11.5 Å². The van der Waals surface area contributed by atoms with Crippen LogP contribution in [0.15, 0.2) is 42.6 Å². The number of carbonyl (C=O) groups is 1. The molecule has 2 N–H and O–H groups in total. The van der Waals surface area contributed by atoms with Crippen LogP contribution in [0.25, 0.3) is 0 Å². The molecule has 0 aliphatic carbocycles. The Balaban J connectivity index is 1.87. The maximum atomic E-state index is 12.1. The molecule has 0 fully saturated rings. The van der Waals surface area contributed by atoms with Crippen LogP contribution in [-0.4, -0.2) is 43.0 Å². The van der Waals surface area contributed by atoms with Crippen molar-refractivity contribution in [3.63, 3.8) is 0 Å². The molecule has 0 aliphatic rings. The summed E-state index contributed by atoms with van der Waals surface area (Å²) >= 11 is 6.01. The van der Waals surface area contributed by atoms with Gasteiger partial charge in [-0.3, -0.25) is 4.79 Å². The van der Waals surface area contributed by atoms with Gasteiger partial charge in [-0.1, -0.05) is 23.7 Å². The van der Waals surface area contributed by atoms with Gasteiger partial charge in [0.25, 0.3) is 5.91 Å². The fourth-order valence-electron chi connectivity index (χ4n) is 2.03. The quantitative estimate of drug-likeness (QED) is 0.763. The number of amides is 1. The molecule has 0 spiro atoms. The van der Waals surface area contributed by atoms with E-state index >= 15 is 0 Å². The first kappa shape index (κ1) is 17.2. The van der Waals surface area contributed by atoms with Gasteiger partial charge in [-0.25, -0.2) is 4.98 Å². The lowest BCUT2D eigenvalue weighted by Gasteiger charge is -2.11. The first-order valence-corrected chi connectivity index (χ1v) is 7.84. The first-order chi connectivity index (χ1) is 11.1. The number of aromatic nitrogens is 1. The second-order valence-corrected chi connectivity index (χ2v) is 5.86. The molecule has 6 heteroatoms. The molecule has 1 heterocycles. The third-order valence-corrected chi connectivity index (χ3v) is 3.56. The summed E-state index contributed by atoms with van der Waals surface area (Å²) in [6, 6.07) is 10.6. The van der Waals surface area contributed by atoms with Crippen LogP contribution in [0.3, 0.4) is 0 Å². The second kappa shape index (κ2) is 8.50. The standard InChI is InChI=1S/C17H21ClN4O/c1-22(2)11-5-10-19-13-8-9-16(20-12-13)21-17(23)14-6-3-4-7-15(14)18/h3-4,6-9,12,19H,5,10-11H2,1-2H3,(H,20,21,23). The molecule has 0 bridgehead atoms. The lowest BCUT2D eigenvalue weighted by atomic mass is 10.2. The summed E-state index contributed by atoms with van der Waals surface area (Å²) in [7, 11) is 4.11. The molecular weight excluding hydrogens is 312 g/mol. The number of carbonyl (C=O) groups excluding carboxylic acids is 1. The number of rotatable bonds is 7. The van der Waals surface area contributed by atoms with E-state index in [1.165, 1.54) is 0 Å². The molecule has 2 rings (SSSR count). The van der Waals surface area contributed by atoms with Gasteiger partial charge in [-0.05, 0) is 51.3 Å². The topological polar surface area (TPSA) is 57.3 Å². The number of hydrogen-bond donors (Lipinski definition) is 2. The lowest BCUT2D eigenvalue weighted by Crippen LogP contribution is -2.16. The highest BCUT2D eigenvalue weighted by molar-refractivity contribution is 6.34. The zero-order valence-corrected chi connectivity index (χ0v) is 14.1. The number of pyridine rings is 1. The van der Waals surface area contributed by atoms with Crippen LogP contribution < -0.4 is 10.6 Å². The Bertz CT molecular complexity index is 643. The minimum absolute atomic E-state index is 0.269. The fourth-order valence-corrected chi connectivity index (χ4v) is 2.25. The van der Waals surface area contributed by atoms with Crippen LogP contribution in [0.2, 0.25) is 5.02 Å². The SMILES string of the molecule is CN(C)CCCNc1ccc(NC(=O)c2ccccc2Cl)nc1. The van der Waals surface area contributed by atoms with E-state index in [9.17, 15) is 4.79 Å². The smallest absolute Gasteiger partial charge is 0.258 e. The van der Waals surface area contributed by atoms with Crippen LogP contribution in [-0.2, 0) is 0 Å². The van der Waals surface area contributed by atoms with Gasteiger partial charge in [0.2, 0.25) is 0 Å². The molecule has 0 saturated heterocycles. The molecule has 122 valence electrons. The average molecular weight is 333 g/mol. The predicted octanol–water partition coefficient (Wildman–Crippen LogP) is 3.35. The van der Waals surface area contributed by atoms with E-state index in [4.69, 9.17) is 11.6 Å². The van der Waals surface area contributed by atoms with Gasteiger partial charge in [-0.2, -0.15) is 0 Å². The molecule has 5 nitrogen and oxygen atoms in total. The van der Waals surface area contributed by atoms with Crippen molar-refractivity contribution in [2.45, 2.75) is 6.42 Å². The minimum atomic E-state index is -0.269. The van der Waals surface area contributed by atoms with Gasteiger partial charge in [-0.15, -0.1) is 0 Å². The normalized spacial score (nSPS) is 10.6. The van der Waals surface area contributed by atoms with Crippen LogP contribution >= 0.6 is 11.6 Å². The molecule has 0 radical (unpaired) electrons. The molecular formula is C17H21ClN4O. The number of anilines is 2. The molecule has 1 aromatic heterocycles. The van der Waals surface area contributed by atoms with Crippen molar-refractivity contribution < 1.29 is 4.79 Å². The molecule has 1 amide bonds. The number of halogens is 1. The molecule has 0 saturated carbocycles. The largest absolute Gasteiger partial charge is 0.384 e. The Labute approximate surface area is 141 Å². The summed E-state index contributed by atoms with van der Waals surface area (Å²) in [6.45, 7) is 1.91. The highest BCUT2D eigenvalue weighted by Crippen LogP contribution is 2.17. The van der Waals surface area contributed by atoms with E-state index in [2.05, 4.69) is 34.6 Å². The zero-order chi connectivity index (χ0) is 16.7. The molecule has 0 unspecified atom stereocenters. The lowest BCUT2D eigenvalue weighted by molar-refractivity contribution is 0.102. The van der Waals surface area contributed by atoms with Gasteiger partial charge >= 0.3 is 0 Å². The van der Waals surface area contributed by atoms with Gasteiger partial charge in [0, 0.05) is 6.54 Å². The summed E-state index contributed by atoms with van der Waals surface area (Å²) < 4.78 is 0. The monoisotopic (exact) mass is 332 g/mol. The van der Waals surface area contributed by atoms with Gasteiger partial charge in [0.1, 0.15) is 5.82 Å². The summed E-state index contributed by atoms with van der Waals surface area (Å²) in [4.78, 5) is 18.5. The summed E-state index contributed by atoms with van der Waals surface area (Å²) in [5, 5.41) is 6.46.